The van der Waals surface area contributed by atoms with E-state index in [1.807, 2.05) is 45.0 Å². The lowest BCUT2D eigenvalue weighted by Gasteiger charge is -2.24. The monoisotopic (exact) mass is 309 g/mol. The van der Waals surface area contributed by atoms with Gasteiger partial charge in [-0.3, -0.25) is 4.79 Å². The molecule has 0 saturated carbocycles. The van der Waals surface area contributed by atoms with Gasteiger partial charge in [-0.1, -0.05) is 35.9 Å². The normalized spacial score (nSPS) is 16.5. The van der Waals surface area contributed by atoms with Crippen LogP contribution in [0.25, 0.3) is 0 Å². The van der Waals surface area contributed by atoms with Crippen molar-refractivity contribution in [2.45, 2.75) is 33.3 Å². The maximum absolute atomic E-state index is 12.5. The summed E-state index contributed by atoms with van der Waals surface area (Å²) in [4.78, 5) is 24.6. The van der Waals surface area contributed by atoms with Crippen molar-refractivity contribution in [2.24, 2.45) is 0 Å². The number of rotatable bonds is 2. The average Bonchev–Trinajstić information content (AvgIpc) is 2.50. The number of ether oxygens (including phenoxy) is 1. The Balaban J connectivity index is 1.82. The van der Waals surface area contributed by atoms with E-state index < -0.39 is 12.1 Å². The maximum atomic E-state index is 12.5. The van der Waals surface area contributed by atoms with E-state index in [9.17, 15) is 9.59 Å². The van der Waals surface area contributed by atoms with Gasteiger partial charge in [0.15, 0.2) is 6.10 Å². The smallest absolute Gasteiger partial charge is 0.339 e. The summed E-state index contributed by atoms with van der Waals surface area (Å²) >= 11 is 0. The molecule has 2 aromatic rings. The minimum atomic E-state index is -0.794. The molecule has 0 aromatic heterocycles. The summed E-state index contributed by atoms with van der Waals surface area (Å²) in [5.41, 5.74) is 5.32. The summed E-state index contributed by atoms with van der Waals surface area (Å²) in [6.07, 6.45) is -0.393. The molecular formula is C19H19NO3. The molecule has 0 spiro atoms. The predicted octanol–water partition coefficient (Wildman–Crippen LogP) is 3.33. The third-order valence-electron chi connectivity index (χ3n) is 4.11. The van der Waals surface area contributed by atoms with E-state index in [2.05, 4.69) is 5.32 Å². The molecule has 1 atom stereocenters. The number of aryl methyl sites for hydroxylation is 3. The molecule has 0 saturated heterocycles. The number of carbonyl (C=O) groups is 2. The summed E-state index contributed by atoms with van der Waals surface area (Å²) in [6.45, 7) is 5.93. The van der Waals surface area contributed by atoms with Crippen LogP contribution in [0.4, 0.5) is 5.69 Å². The third-order valence-corrected chi connectivity index (χ3v) is 4.11. The van der Waals surface area contributed by atoms with E-state index in [4.69, 9.17) is 4.74 Å². The molecule has 1 aliphatic heterocycles. The number of benzene rings is 2. The molecule has 118 valence electrons. The van der Waals surface area contributed by atoms with Crippen LogP contribution < -0.4 is 5.32 Å². The Hall–Kier alpha value is -2.62. The van der Waals surface area contributed by atoms with Crippen LogP contribution in [0.15, 0.2) is 36.4 Å². The minimum absolute atomic E-state index is 0.289. The van der Waals surface area contributed by atoms with E-state index in [0.717, 1.165) is 27.9 Å². The first-order valence-electron chi connectivity index (χ1n) is 7.63. The number of anilines is 1. The van der Waals surface area contributed by atoms with Crippen molar-refractivity contribution < 1.29 is 14.3 Å². The number of esters is 1. The van der Waals surface area contributed by atoms with Gasteiger partial charge < -0.3 is 10.1 Å². The highest BCUT2D eigenvalue weighted by Gasteiger charge is 2.31. The predicted molar refractivity (Wildman–Crippen MR) is 88.6 cm³/mol. The molecule has 4 nitrogen and oxygen atoms in total. The van der Waals surface area contributed by atoms with E-state index >= 15 is 0 Å². The Morgan fingerprint density at radius 2 is 1.78 bits per heavy atom. The van der Waals surface area contributed by atoms with Gasteiger partial charge >= 0.3 is 5.97 Å². The number of nitrogens with one attached hydrogen (secondary N) is 1. The van der Waals surface area contributed by atoms with Gasteiger partial charge in [0.25, 0.3) is 5.91 Å². The zero-order valence-electron chi connectivity index (χ0n) is 13.5. The molecular weight excluding hydrogens is 290 g/mol. The van der Waals surface area contributed by atoms with E-state index in [-0.39, 0.29) is 5.91 Å². The third kappa shape index (κ3) is 2.97. The number of carbonyl (C=O) groups excluding carboxylic acids is 2. The molecule has 1 aliphatic rings. The fourth-order valence-electron chi connectivity index (χ4n) is 3.06. The van der Waals surface area contributed by atoms with Crippen molar-refractivity contribution in [1.82, 2.24) is 0 Å². The fourth-order valence-corrected chi connectivity index (χ4v) is 3.06. The maximum Gasteiger partial charge on any atom is 0.339 e. The van der Waals surface area contributed by atoms with Crippen molar-refractivity contribution >= 4 is 17.6 Å². The van der Waals surface area contributed by atoms with Crippen LogP contribution in [0.3, 0.4) is 0 Å². The van der Waals surface area contributed by atoms with E-state index in [0.29, 0.717) is 12.0 Å². The highest BCUT2D eigenvalue weighted by molar-refractivity contribution is 6.00. The number of fused-ring (bicyclic) bond motifs is 1. The summed E-state index contributed by atoms with van der Waals surface area (Å²) < 4.78 is 5.30. The molecule has 0 bridgehead atoms. The van der Waals surface area contributed by atoms with Gasteiger partial charge in [0.1, 0.15) is 0 Å². The molecule has 1 N–H and O–H groups in total. The van der Waals surface area contributed by atoms with Crippen LogP contribution in [0.2, 0.25) is 0 Å². The molecule has 2 aromatic carbocycles. The first-order valence-corrected chi connectivity index (χ1v) is 7.63. The van der Waals surface area contributed by atoms with Crippen molar-refractivity contribution in [3.05, 3.63) is 64.2 Å². The number of hydrogen-bond acceptors (Lipinski definition) is 3. The SMILES string of the molecule is Cc1cc(C)c(NC(=O)[C@@H]2Cc3ccccc3C(=O)O2)c(C)c1. The molecule has 1 amide bonds. The van der Waals surface area contributed by atoms with Gasteiger partial charge in [-0.05, 0) is 43.5 Å². The van der Waals surface area contributed by atoms with Crippen molar-refractivity contribution in [3.8, 4) is 0 Å². The van der Waals surface area contributed by atoms with Crippen LogP contribution in [0.5, 0.6) is 0 Å². The second-order valence-corrected chi connectivity index (χ2v) is 6.02. The lowest BCUT2D eigenvalue weighted by Crippen LogP contribution is -2.38. The Kier molecular flexibility index (Phi) is 3.90. The van der Waals surface area contributed by atoms with Crippen molar-refractivity contribution in [2.75, 3.05) is 5.32 Å². The van der Waals surface area contributed by atoms with Gasteiger partial charge in [-0.25, -0.2) is 4.79 Å². The zero-order chi connectivity index (χ0) is 16.6. The summed E-state index contributed by atoms with van der Waals surface area (Å²) in [7, 11) is 0. The average molecular weight is 309 g/mol. The first-order chi connectivity index (χ1) is 11.0. The fraction of sp³-hybridized carbons (Fsp3) is 0.263. The van der Waals surface area contributed by atoms with Crippen LogP contribution >= 0.6 is 0 Å². The van der Waals surface area contributed by atoms with Gasteiger partial charge in [0.2, 0.25) is 0 Å². The standard InChI is InChI=1S/C19H19NO3/c1-11-8-12(2)17(13(3)9-11)20-18(21)16-10-14-6-4-5-7-15(14)19(22)23-16/h4-9,16H,10H2,1-3H3,(H,20,21)/t16-/m0/s1. The summed E-state index contributed by atoms with van der Waals surface area (Å²) in [5, 5.41) is 2.91. The second-order valence-electron chi connectivity index (χ2n) is 6.02. The van der Waals surface area contributed by atoms with Crippen molar-refractivity contribution in [1.29, 1.82) is 0 Å². The lowest BCUT2D eigenvalue weighted by molar-refractivity contribution is -0.125. The molecule has 4 heteroatoms. The van der Waals surface area contributed by atoms with Crippen LogP contribution in [-0.4, -0.2) is 18.0 Å². The van der Waals surface area contributed by atoms with E-state index in [1.165, 1.54) is 0 Å². The zero-order valence-corrected chi connectivity index (χ0v) is 13.5. The molecule has 1 heterocycles. The van der Waals surface area contributed by atoms with Crippen molar-refractivity contribution in [3.63, 3.8) is 0 Å². The molecule has 3 rings (SSSR count). The second kappa shape index (κ2) is 5.88. The van der Waals surface area contributed by atoms with E-state index in [1.54, 1.807) is 12.1 Å². The highest BCUT2D eigenvalue weighted by atomic mass is 16.5. The minimum Gasteiger partial charge on any atom is -0.448 e. The highest BCUT2D eigenvalue weighted by Crippen LogP contribution is 2.25. The summed E-state index contributed by atoms with van der Waals surface area (Å²) in [6, 6.07) is 11.3. The number of hydrogen-bond donors (Lipinski definition) is 1. The van der Waals surface area contributed by atoms with Gasteiger partial charge in [-0.15, -0.1) is 0 Å². The molecule has 0 aliphatic carbocycles. The molecule has 23 heavy (non-hydrogen) atoms. The quantitative estimate of drug-likeness (QED) is 0.866. The number of amides is 1. The Bertz CT molecular complexity index is 772. The largest absolute Gasteiger partial charge is 0.448 e. The lowest BCUT2D eigenvalue weighted by atomic mass is 9.98. The number of cyclic esters (lactones) is 1. The molecule has 0 unspecified atom stereocenters. The van der Waals surface area contributed by atoms with Gasteiger partial charge in [-0.2, -0.15) is 0 Å². The van der Waals surface area contributed by atoms with Crippen LogP contribution in [0.1, 0.15) is 32.6 Å². The van der Waals surface area contributed by atoms with Gasteiger partial charge in [0, 0.05) is 12.1 Å². The molecule has 0 fully saturated rings. The Labute approximate surface area is 135 Å². The molecule has 0 radical (unpaired) electrons. The van der Waals surface area contributed by atoms with Crippen LogP contribution in [0, 0.1) is 20.8 Å². The van der Waals surface area contributed by atoms with Crippen LogP contribution in [-0.2, 0) is 16.0 Å². The summed E-state index contributed by atoms with van der Waals surface area (Å²) in [5.74, 6) is -0.729. The Morgan fingerprint density at radius 1 is 1.13 bits per heavy atom. The first kappa shape index (κ1) is 15.3. The topological polar surface area (TPSA) is 55.4 Å². The Morgan fingerprint density at radius 3 is 2.48 bits per heavy atom. The van der Waals surface area contributed by atoms with Gasteiger partial charge in [0.05, 0.1) is 5.56 Å².